The lowest BCUT2D eigenvalue weighted by Gasteiger charge is -2.35. The SMILES string of the molecule is O=C(Cn1nc(F)c2ncc(-c3ccc(F)c(C(F)F)c3)cc21)N1CC(O)C1. The van der Waals surface area contributed by atoms with Gasteiger partial charge in [0.1, 0.15) is 17.9 Å². The van der Waals surface area contributed by atoms with Gasteiger partial charge in [-0.15, -0.1) is 5.10 Å². The van der Waals surface area contributed by atoms with Crippen molar-refractivity contribution in [3.63, 3.8) is 0 Å². The van der Waals surface area contributed by atoms with Crippen LogP contribution in [-0.4, -0.2) is 49.9 Å². The Bertz CT molecular complexity index is 1060. The quantitative estimate of drug-likeness (QED) is 0.691. The van der Waals surface area contributed by atoms with Crippen molar-refractivity contribution in [3.8, 4) is 11.1 Å². The second kappa shape index (κ2) is 6.86. The van der Waals surface area contributed by atoms with E-state index in [4.69, 9.17) is 0 Å². The summed E-state index contributed by atoms with van der Waals surface area (Å²) < 4.78 is 54.6. The van der Waals surface area contributed by atoms with Gasteiger partial charge in [-0.2, -0.15) is 4.39 Å². The Labute approximate surface area is 156 Å². The minimum absolute atomic E-state index is 0.0728. The van der Waals surface area contributed by atoms with Gasteiger partial charge in [0.25, 0.3) is 12.4 Å². The lowest BCUT2D eigenvalue weighted by molar-refractivity contribution is -0.142. The van der Waals surface area contributed by atoms with Crippen LogP contribution in [0.3, 0.4) is 0 Å². The molecule has 0 aliphatic carbocycles. The molecule has 146 valence electrons. The minimum atomic E-state index is -2.98. The Morgan fingerprint density at radius 3 is 2.64 bits per heavy atom. The number of pyridine rings is 1. The van der Waals surface area contributed by atoms with Gasteiger partial charge in [0.2, 0.25) is 5.91 Å². The molecule has 1 amide bonds. The van der Waals surface area contributed by atoms with Crippen LogP contribution in [0.2, 0.25) is 0 Å². The van der Waals surface area contributed by atoms with Crippen LogP contribution in [0, 0.1) is 11.8 Å². The number of aromatic nitrogens is 3. The second-order valence-corrected chi connectivity index (χ2v) is 6.53. The third-order valence-electron chi connectivity index (χ3n) is 4.61. The third-order valence-corrected chi connectivity index (χ3v) is 4.61. The lowest BCUT2D eigenvalue weighted by Crippen LogP contribution is -2.54. The van der Waals surface area contributed by atoms with Gasteiger partial charge in [-0.25, -0.2) is 18.2 Å². The first kappa shape index (κ1) is 18.4. The predicted octanol–water partition coefficient (Wildman–Crippen LogP) is 2.52. The topological polar surface area (TPSA) is 71.2 Å². The van der Waals surface area contributed by atoms with E-state index in [9.17, 15) is 27.5 Å². The molecule has 1 saturated heterocycles. The van der Waals surface area contributed by atoms with Crippen LogP contribution in [0.25, 0.3) is 22.2 Å². The summed E-state index contributed by atoms with van der Waals surface area (Å²) in [5.74, 6) is -2.24. The fourth-order valence-corrected chi connectivity index (χ4v) is 3.07. The van der Waals surface area contributed by atoms with E-state index in [1.54, 1.807) is 0 Å². The van der Waals surface area contributed by atoms with E-state index in [1.807, 2.05) is 0 Å². The molecule has 1 aliphatic heterocycles. The maximum Gasteiger partial charge on any atom is 0.266 e. The summed E-state index contributed by atoms with van der Waals surface area (Å²) in [7, 11) is 0. The lowest BCUT2D eigenvalue weighted by atomic mass is 10.0. The molecule has 1 fully saturated rings. The molecule has 0 atom stereocenters. The van der Waals surface area contributed by atoms with E-state index in [1.165, 1.54) is 23.2 Å². The van der Waals surface area contributed by atoms with Crippen molar-refractivity contribution in [1.29, 1.82) is 0 Å². The van der Waals surface area contributed by atoms with Crippen molar-refractivity contribution in [2.24, 2.45) is 0 Å². The summed E-state index contributed by atoms with van der Waals surface area (Å²) in [6.45, 7) is 0.149. The standard InChI is InChI=1S/C18H14F4N4O2/c19-13-2-1-9(3-12(13)17(20)21)10-4-14-16(23-5-10)18(22)24-26(14)8-15(28)25-6-11(27)7-25/h1-5,11,17,27H,6-8H2. The maximum atomic E-state index is 14.1. The number of β-amino-alcohol motifs (C(OH)–C–C–N with tert-alkyl or cyclic N) is 1. The Kier molecular flexibility index (Phi) is 4.50. The molecule has 0 unspecified atom stereocenters. The van der Waals surface area contributed by atoms with Gasteiger partial charge in [-0.1, -0.05) is 6.07 Å². The van der Waals surface area contributed by atoms with Gasteiger partial charge in [-0.05, 0) is 23.8 Å². The number of carbonyl (C=O) groups excluding carboxylic acids is 1. The number of benzene rings is 1. The zero-order valence-electron chi connectivity index (χ0n) is 14.3. The van der Waals surface area contributed by atoms with Crippen molar-refractivity contribution < 1.29 is 27.5 Å². The zero-order chi connectivity index (χ0) is 20.0. The molecule has 0 bridgehead atoms. The van der Waals surface area contributed by atoms with Crippen LogP contribution in [0.1, 0.15) is 12.0 Å². The highest BCUT2D eigenvalue weighted by atomic mass is 19.3. The molecule has 2 aromatic heterocycles. The Morgan fingerprint density at radius 2 is 1.96 bits per heavy atom. The number of alkyl halides is 2. The Balaban J connectivity index is 1.70. The molecule has 6 nitrogen and oxygen atoms in total. The first-order chi connectivity index (χ1) is 13.3. The van der Waals surface area contributed by atoms with Crippen LogP contribution in [-0.2, 0) is 11.3 Å². The van der Waals surface area contributed by atoms with Crippen LogP contribution in [0.4, 0.5) is 17.6 Å². The summed E-state index contributed by atoms with van der Waals surface area (Å²) >= 11 is 0. The number of hydrogen-bond donors (Lipinski definition) is 1. The number of nitrogens with zero attached hydrogens (tertiary/aromatic N) is 4. The molecule has 1 N–H and O–H groups in total. The molecule has 0 spiro atoms. The number of halogens is 4. The van der Waals surface area contributed by atoms with Crippen LogP contribution in [0.5, 0.6) is 0 Å². The molecule has 0 saturated carbocycles. The summed E-state index contributed by atoms with van der Waals surface area (Å²) in [6.07, 6.45) is -2.27. The number of amides is 1. The molecular weight excluding hydrogens is 380 g/mol. The van der Waals surface area contributed by atoms with E-state index in [0.717, 1.165) is 16.8 Å². The number of aliphatic hydroxyl groups is 1. The molecule has 3 aromatic rings. The van der Waals surface area contributed by atoms with Gasteiger partial charge < -0.3 is 10.0 Å². The highest BCUT2D eigenvalue weighted by Crippen LogP contribution is 2.29. The number of rotatable bonds is 4. The summed E-state index contributed by atoms with van der Waals surface area (Å²) in [6, 6.07) is 4.71. The van der Waals surface area contributed by atoms with E-state index in [-0.39, 0.29) is 42.1 Å². The Morgan fingerprint density at radius 1 is 1.21 bits per heavy atom. The number of carbonyl (C=O) groups is 1. The van der Waals surface area contributed by atoms with Gasteiger partial charge in [0.15, 0.2) is 0 Å². The first-order valence-electron chi connectivity index (χ1n) is 8.39. The Hall–Kier alpha value is -3.01. The molecule has 10 heteroatoms. The normalized spacial score (nSPS) is 14.7. The van der Waals surface area contributed by atoms with Crippen molar-refractivity contribution in [3.05, 3.63) is 47.8 Å². The van der Waals surface area contributed by atoms with Gasteiger partial charge in [0.05, 0.1) is 17.2 Å². The molecule has 28 heavy (non-hydrogen) atoms. The van der Waals surface area contributed by atoms with Crippen molar-refractivity contribution >= 4 is 16.9 Å². The van der Waals surface area contributed by atoms with E-state index >= 15 is 0 Å². The van der Waals surface area contributed by atoms with Crippen molar-refractivity contribution in [2.45, 2.75) is 19.1 Å². The van der Waals surface area contributed by atoms with E-state index in [0.29, 0.717) is 5.56 Å². The molecular formula is C18H14F4N4O2. The molecule has 0 radical (unpaired) electrons. The molecule has 1 aliphatic rings. The molecule has 3 heterocycles. The number of likely N-dealkylation sites (tertiary alicyclic amines) is 1. The summed E-state index contributed by atoms with van der Waals surface area (Å²) in [4.78, 5) is 17.6. The van der Waals surface area contributed by atoms with E-state index in [2.05, 4.69) is 10.1 Å². The van der Waals surface area contributed by atoms with Crippen molar-refractivity contribution in [1.82, 2.24) is 19.7 Å². The van der Waals surface area contributed by atoms with Crippen LogP contribution < -0.4 is 0 Å². The number of fused-ring (bicyclic) bond motifs is 1. The minimum Gasteiger partial charge on any atom is -0.389 e. The molecule has 1 aromatic carbocycles. The van der Waals surface area contributed by atoms with Gasteiger partial charge in [0, 0.05) is 24.8 Å². The van der Waals surface area contributed by atoms with Crippen LogP contribution in [0.15, 0.2) is 30.5 Å². The van der Waals surface area contributed by atoms with Gasteiger partial charge >= 0.3 is 0 Å². The average molecular weight is 394 g/mol. The summed E-state index contributed by atoms with van der Waals surface area (Å²) in [5, 5.41) is 13.0. The fourth-order valence-electron chi connectivity index (χ4n) is 3.07. The highest BCUT2D eigenvalue weighted by molar-refractivity contribution is 5.83. The second-order valence-electron chi connectivity index (χ2n) is 6.53. The smallest absolute Gasteiger partial charge is 0.266 e. The monoisotopic (exact) mass is 394 g/mol. The van der Waals surface area contributed by atoms with Crippen molar-refractivity contribution in [2.75, 3.05) is 13.1 Å². The molecule has 4 rings (SSSR count). The van der Waals surface area contributed by atoms with Gasteiger partial charge in [-0.3, -0.25) is 9.48 Å². The third kappa shape index (κ3) is 3.19. The fraction of sp³-hybridized carbons (Fsp3) is 0.278. The predicted molar refractivity (Wildman–Crippen MR) is 90.4 cm³/mol. The number of aliphatic hydroxyl groups excluding tert-OH is 1. The summed E-state index contributed by atoms with van der Waals surface area (Å²) in [5.41, 5.74) is 0.00589. The zero-order valence-corrected chi connectivity index (χ0v) is 14.3. The first-order valence-corrected chi connectivity index (χ1v) is 8.39. The largest absolute Gasteiger partial charge is 0.389 e. The average Bonchev–Trinajstić information content (AvgIpc) is 2.94. The number of hydrogen-bond acceptors (Lipinski definition) is 4. The highest BCUT2D eigenvalue weighted by Gasteiger charge is 2.29. The van der Waals surface area contributed by atoms with Crippen LogP contribution >= 0.6 is 0 Å². The maximum absolute atomic E-state index is 14.1. The van der Waals surface area contributed by atoms with E-state index < -0.39 is 29.9 Å².